The van der Waals surface area contributed by atoms with Crippen LogP contribution in [0.1, 0.15) is 13.8 Å². The molecule has 84 valence electrons. The van der Waals surface area contributed by atoms with E-state index < -0.39 is 0 Å². The van der Waals surface area contributed by atoms with E-state index in [-0.39, 0.29) is 12.6 Å². The van der Waals surface area contributed by atoms with Crippen LogP contribution in [0.2, 0.25) is 0 Å². The number of rotatable bonds is 4. The monoisotopic (exact) mass is 273 g/mol. The van der Waals surface area contributed by atoms with E-state index in [1.807, 2.05) is 13.8 Å². The highest BCUT2D eigenvalue weighted by Crippen LogP contribution is 2.28. The lowest BCUT2D eigenvalue weighted by atomic mass is 10.1. The first kappa shape index (κ1) is 12.3. The average Bonchev–Trinajstić information content (AvgIpc) is 2.17. The number of aliphatic hydroxyl groups is 1. The van der Waals surface area contributed by atoms with Crippen LogP contribution < -0.4 is 11.1 Å². The second-order valence-corrected chi connectivity index (χ2v) is 4.62. The molecular weight excluding hydrogens is 258 g/mol. The molecule has 0 aliphatic rings. The molecule has 1 aromatic rings. The first-order valence-corrected chi connectivity index (χ1v) is 5.62. The number of hydrogen-bond donors (Lipinski definition) is 3. The van der Waals surface area contributed by atoms with Crippen molar-refractivity contribution in [3.05, 3.63) is 16.9 Å². The normalized spacial score (nSPS) is 12.9. The Hall–Kier alpha value is -0.810. The molecule has 1 atom stereocenters. The Labute approximate surface area is 98.0 Å². The molecule has 0 amide bonds. The van der Waals surface area contributed by atoms with Gasteiger partial charge >= 0.3 is 0 Å². The van der Waals surface area contributed by atoms with E-state index in [9.17, 15) is 5.11 Å². The van der Waals surface area contributed by atoms with Crippen LogP contribution in [-0.4, -0.2) is 22.7 Å². The van der Waals surface area contributed by atoms with Crippen molar-refractivity contribution >= 4 is 27.3 Å². The number of nitrogens with two attached hydrogens (primary N) is 1. The maximum Gasteiger partial charge on any atom is 0.0753 e. The number of aliphatic hydroxyl groups excluding tert-OH is 1. The van der Waals surface area contributed by atoms with Gasteiger partial charge < -0.3 is 16.2 Å². The van der Waals surface area contributed by atoms with E-state index in [1.165, 1.54) is 0 Å². The number of hydrogen-bond acceptors (Lipinski definition) is 4. The van der Waals surface area contributed by atoms with Gasteiger partial charge in [0.15, 0.2) is 0 Å². The van der Waals surface area contributed by atoms with Gasteiger partial charge in [0.2, 0.25) is 0 Å². The fraction of sp³-hybridized carbons (Fsp3) is 0.500. The molecule has 1 heterocycles. The smallest absolute Gasteiger partial charge is 0.0753 e. The van der Waals surface area contributed by atoms with E-state index in [0.29, 0.717) is 11.6 Å². The zero-order valence-corrected chi connectivity index (χ0v) is 10.5. The molecule has 1 unspecified atom stereocenters. The Morgan fingerprint density at radius 2 is 2.20 bits per heavy atom. The molecule has 1 aromatic heterocycles. The second-order valence-electron chi connectivity index (χ2n) is 3.76. The fourth-order valence-corrected chi connectivity index (χ4v) is 1.67. The lowest BCUT2D eigenvalue weighted by Crippen LogP contribution is -2.30. The van der Waals surface area contributed by atoms with Crippen LogP contribution >= 0.6 is 15.9 Å². The van der Waals surface area contributed by atoms with Gasteiger partial charge in [0.1, 0.15) is 0 Å². The van der Waals surface area contributed by atoms with Crippen molar-refractivity contribution in [1.82, 2.24) is 4.98 Å². The van der Waals surface area contributed by atoms with Crippen molar-refractivity contribution in [3.8, 4) is 0 Å². The summed E-state index contributed by atoms with van der Waals surface area (Å²) in [6.07, 6.45) is 3.26. The van der Waals surface area contributed by atoms with Crippen LogP contribution in [0.3, 0.4) is 0 Å². The Morgan fingerprint density at radius 1 is 1.53 bits per heavy atom. The van der Waals surface area contributed by atoms with E-state index in [4.69, 9.17) is 5.73 Å². The zero-order chi connectivity index (χ0) is 11.4. The lowest BCUT2D eigenvalue weighted by Gasteiger charge is -2.22. The summed E-state index contributed by atoms with van der Waals surface area (Å²) >= 11 is 3.37. The summed E-state index contributed by atoms with van der Waals surface area (Å²) in [5.41, 5.74) is 7.15. The van der Waals surface area contributed by atoms with Crippen LogP contribution in [0.5, 0.6) is 0 Å². The minimum Gasteiger partial charge on any atom is -0.396 e. The van der Waals surface area contributed by atoms with Crippen LogP contribution in [0, 0.1) is 5.92 Å². The Morgan fingerprint density at radius 3 is 2.67 bits per heavy atom. The van der Waals surface area contributed by atoms with Gasteiger partial charge in [-0.3, -0.25) is 4.98 Å². The van der Waals surface area contributed by atoms with E-state index in [1.54, 1.807) is 12.4 Å². The third-order valence-corrected chi connectivity index (χ3v) is 2.86. The van der Waals surface area contributed by atoms with Crippen LogP contribution in [0.15, 0.2) is 16.9 Å². The highest BCUT2D eigenvalue weighted by atomic mass is 79.9. The molecule has 0 aliphatic heterocycles. The number of pyridine rings is 1. The van der Waals surface area contributed by atoms with Crippen molar-refractivity contribution in [2.75, 3.05) is 17.7 Å². The molecule has 0 aromatic carbocycles. The zero-order valence-electron chi connectivity index (χ0n) is 8.87. The molecule has 4 nitrogen and oxygen atoms in total. The third kappa shape index (κ3) is 3.07. The molecule has 0 saturated heterocycles. The molecule has 0 aliphatic carbocycles. The number of nitrogens with zero attached hydrogens (tertiary/aromatic N) is 1. The van der Waals surface area contributed by atoms with Crippen LogP contribution in [0.25, 0.3) is 0 Å². The van der Waals surface area contributed by atoms with Crippen molar-refractivity contribution in [2.24, 2.45) is 5.92 Å². The maximum atomic E-state index is 9.21. The molecule has 5 heteroatoms. The number of nitrogen functional groups attached to an aromatic ring is 1. The summed E-state index contributed by atoms with van der Waals surface area (Å²) in [4.78, 5) is 3.95. The van der Waals surface area contributed by atoms with Crippen molar-refractivity contribution in [2.45, 2.75) is 19.9 Å². The summed E-state index contributed by atoms with van der Waals surface area (Å²) in [7, 11) is 0. The molecule has 0 fully saturated rings. The molecule has 0 bridgehead atoms. The van der Waals surface area contributed by atoms with Gasteiger partial charge in [0.25, 0.3) is 0 Å². The number of nitrogens with one attached hydrogen (secondary N) is 1. The minimum absolute atomic E-state index is 0.00833. The van der Waals surface area contributed by atoms with Gasteiger partial charge in [0.05, 0.1) is 34.7 Å². The molecule has 1 rings (SSSR count). The summed E-state index contributed by atoms with van der Waals surface area (Å²) < 4.78 is 0.807. The summed E-state index contributed by atoms with van der Waals surface area (Å²) in [5, 5.41) is 12.4. The quantitative estimate of drug-likeness (QED) is 0.783. The van der Waals surface area contributed by atoms with Gasteiger partial charge in [-0.1, -0.05) is 13.8 Å². The predicted octanol–water partition coefficient (Wildman–Crippen LogP) is 1.86. The second kappa shape index (κ2) is 5.32. The van der Waals surface area contributed by atoms with Gasteiger partial charge in [0, 0.05) is 6.20 Å². The average molecular weight is 274 g/mol. The largest absolute Gasteiger partial charge is 0.396 e. The highest BCUT2D eigenvalue weighted by Gasteiger charge is 2.14. The Kier molecular flexibility index (Phi) is 4.35. The van der Waals surface area contributed by atoms with Gasteiger partial charge in [-0.25, -0.2) is 0 Å². The van der Waals surface area contributed by atoms with Crippen molar-refractivity contribution < 1.29 is 5.11 Å². The molecule has 0 radical (unpaired) electrons. The Bertz CT molecular complexity index is 310. The minimum atomic E-state index is -0.00833. The maximum absolute atomic E-state index is 9.21. The number of halogens is 1. The Balaban J connectivity index is 2.87. The van der Waals surface area contributed by atoms with Gasteiger partial charge in [-0.05, 0) is 21.8 Å². The molecule has 15 heavy (non-hydrogen) atoms. The third-order valence-electron chi connectivity index (χ3n) is 2.26. The topological polar surface area (TPSA) is 71.2 Å². The summed E-state index contributed by atoms with van der Waals surface area (Å²) in [6, 6.07) is -0.00833. The lowest BCUT2D eigenvalue weighted by molar-refractivity contribution is 0.249. The van der Waals surface area contributed by atoms with E-state index in [0.717, 1.165) is 10.2 Å². The fourth-order valence-electron chi connectivity index (χ4n) is 1.21. The molecular formula is C10H16BrN3O. The van der Waals surface area contributed by atoms with E-state index in [2.05, 4.69) is 26.2 Å². The van der Waals surface area contributed by atoms with Crippen LogP contribution in [-0.2, 0) is 0 Å². The van der Waals surface area contributed by atoms with Crippen LogP contribution in [0.4, 0.5) is 11.4 Å². The number of anilines is 2. The summed E-state index contributed by atoms with van der Waals surface area (Å²) in [6.45, 7) is 4.16. The first-order valence-electron chi connectivity index (χ1n) is 4.82. The van der Waals surface area contributed by atoms with Gasteiger partial charge in [-0.2, -0.15) is 0 Å². The highest BCUT2D eigenvalue weighted by molar-refractivity contribution is 9.10. The standard InChI is InChI=1S/C10H16BrN3O/c1-6(2)9(5-15)14-10-7(11)3-13-4-8(10)12/h3-4,6,9,15H,5,12H2,1-2H3,(H,13,14). The first-order chi connectivity index (χ1) is 7.06. The van der Waals surface area contributed by atoms with Gasteiger partial charge in [-0.15, -0.1) is 0 Å². The summed E-state index contributed by atoms with van der Waals surface area (Å²) in [5.74, 6) is 0.328. The SMILES string of the molecule is CC(C)C(CO)Nc1c(N)cncc1Br. The molecule has 4 N–H and O–H groups in total. The van der Waals surface area contributed by atoms with E-state index >= 15 is 0 Å². The molecule has 0 saturated carbocycles. The molecule has 0 spiro atoms. The van der Waals surface area contributed by atoms with Crippen molar-refractivity contribution in [1.29, 1.82) is 0 Å². The predicted molar refractivity (Wildman–Crippen MR) is 65.7 cm³/mol. The number of aromatic nitrogens is 1. The van der Waals surface area contributed by atoms with Crippen molar-refractivity contribution in [3.63, 3.8) is 0 Å².